The topological polar surface area (TPSA) is 35.5 Å². The molecule has 0 atom stereocenters. The lowest BCUT2D eigenvalue weighted by Gasteiger charge is -2.19. The van der Waals surface area contributed by atoms with E-state index < -0.39 is 0 Å². The summed E-state index contributed by atoms with van der Waals surface area (Å²) in [6, 6.07) is 0. The lowest BCUT2D eigenvalue weighted by Crippen LogP contribution is -2.24. The van der Waals surface area contributed by atoms with Gasteiger partial charge in [-0.25, -0.2) is 0 Å². The average Bonchev–Trinajstić information content (AvgIpc) is 1.94. The molecule has 0 saturated carbocycles. The minimum absolute atomic E-state index is 0.194. The number of esters is 1. The van der Waals surface area contributed by atoms with Crippen molar-refractivity contribution in [3.8, 4) is 0 Å². The second-order valence-corrected chi connectivity index (χ2v) is 4.72. The molecule has 0 aliphatic rings. The van der Waals surface area contributed by atoms with Crippen molar-refractivity contribution in [3.05, 3.63) is 0 Å². The molecule has 13 heavy (non-hydrogen) atoms. The van der Waals surface area contributed by atoms with Gasteiger partial charge in [0.2, 0.25) is 0 Å². The standard InChI is InChI=1S/C9H17IO3/c1-9(2,3)13-8(11)4-6-12-7-5-10/h4-7H2,1-3H3. The fourth-order valence-corrected chi connectivity index (χ4v) is 1.02. The van der Waals surface area contributed by atoms with E-state index in [1.807, 2.05) is 20.8 Å². The van der Waals surface area contributed by atoms with E-state index in [9.17, 15) is 4.79 Å². The van der Waals surface area contributed by atoms with Gasteiger partial charge in [0.1, 0.15) is 5.60 Å². The van der Waals surface area contributed by atoms with Crippen LogP contribution in [0.25, 0.3) is 0 Å². The Kier molecular flexibility index (Phi) is 6.67. The highest BCUT2D eigenvalue weighted by atomic mass is 127. The zero-order chi connectivity index (χ0) is 10.3. The van der Waals surface area contributed by atoms with Crippen molar-refractivity contribution < 1.29 is 14.3 Å². The highest BCUT2D eigenvalue weighted by molar-refractivity contribution is 14.1. The van der Waals surface area contributed by atoms with Crippen LogP contribution in [0.4, 0.5) is 0 Å². The minimum Gasteiger partial charge on any atom is -0.460 e. The van der Waals surface area contributed by atoms with Gasteiger partial charge in [-0.1, -0.05) is 22.6 Å². The van der Waals surface area contributed by atoms with Gasteiger partial charge in [0.25, 0.3) is 0 Å². The van der Waals surface area contributed by atoms with Gasteiger partial charge in [-0.3, -0.25) is 4.79 Å². The van der Waals surface area contributed by atoms with Gasteiger partial charge in [-0.05, 0) is 20.8 Å². The molecule has 0 rings (SSSR count). The monoisotopic (exact) mass is 300 g/mol. The highest BCUT2D eigenvalue weighted by Crippen LogP contribution is 2.07. The number of rotatable bonds is 5. The van der Waals surface area contributed by atoms with Crippen molar-refractivity contribution in [2.45, 2.75) is 32.8 Å². The van der Waals surface area contributed by atoms with Gasteiger partial charge in [0, 0.05) is 4.43 Å². The summed E-state index contributed by atoms with van der Waals surface area (Å²) in [6.07, 6.45) is 0.341. The van der Waals surface area contributed by atoms with Crippen LogP contribution in [0, 0.1) is 0 Å². The Morgan fingerprint density at radius 3 is 2.38 bits per heavy atom. The molecule has 0 fully saturated rings. The first-order valence-corrected chi connectivity index (χ1v) is 5.84. The quantitative estimate of drug-likeness (QED) is 0.338. The van der Waals surface area contributed by atoms with Crippen LogP contribution < -0.4 is 0 Å². The maximum atomic E-state index is 11.1. The average molecular weight is 300 g/mol. The molecule has 0 aliphatic carbocycles. The van der Waals surface area contributed by atoms with Gasteiger partial charge in [0.15, 0.2) is 0 Å². The Hall–Kier alpha value is 0.160. The van der Waals surface area contributed by atoms with Crippen LogP contribution in [0.15, 0.2) is 0 Å². The highest BCUT2D eigenvalue weighted by Gasteiger charge is 2.15. The molecule has 0 radical (unpaired) electrons. The zero-order valence-electron chi connectivity index (χ0n) is 8.43. The Morgan fingerprint density at radius 2 is 1.92 bits per heavy atom. The maximum absolute atomic E-state index is 11.1. The predicted molar refractivity (Wildman–Crippen MR) is 60.2 cm³/mol. The normalized spacial score (nSPS) is 11.4. The van der Waals surface area contributed by atoms with E-state index in [0.29, 0.717) is 19.6 Å². The van der Waals surface area contributed by atoms with Crippen molar-refractivity contribution in [1.29, 1.82) is 0 Å². The fourth-order valence-electron chi connectivity index (χ4n) is 0.705. The number of hydrogen-bond acceptors (Lipinski definition) is 3. The Labute approximate surface area is 93.3 Å². The minimum atomic E-state index is -0.389. The fraction of sp³-hybridized carbons (Fsp3) is 0.889. The van der Waals surface area contributed by atoms with E-state index in [-0.39, 0.29) is 11.6 Å². The summed E-state index contributed by atoms with van der Waals surface area (Å²) in [4.78, 5) is 11.1. The van der Waals surface area contributed by atoms with Crippen LogP contribution in [-0.2, 0) is 14.3 Å². The maximum Gasteiger partial charge on any atom is 0.308 e. The van der Waals surface area contributed by atoms with Crippen LogP contribution in [0.5, 0.6) is 0 Å². The summed E-state index contributed by atoms with van der Waals surface area (Å²) in [5.74, 6) is -0.194. The van der Waals surface area contributed by atoms with E-state index in [4.69, 9.17) is 9.47 Å². The molecular formula is C9H17IO3. The van der Waals surface area contributed by atoms with Crippen LogP contribution in [0.1, 0.15) is 27.2 Å². The van der Waals surface area contributed by atoms with Crippen LogP contribution in [0.3, 0.4) is 0 Å². The SMILES string of the molecule is CC(C)(C)OC(=O)CCOCCI. The second kappa shape index (κ2) is 6.59. The van der Waals surface area contributed by atoms with Gasteiger partial charge in [-0.15, -0.1) is 0 Å². The van der Waals surface area contributed by atoms with Crippen molar-refractivity contribution in [1.82, 2.24) is 0 Å². The molecule has 0 saturated heterocycles. The van der Waals surface area contributed by atoms with Crippen molar-refractivity contribution in [3.63, 3.8) is 0 Å². The van der Waals surface area contributed by atoms with E-state index >= 15 is 0 Å². The van der Waals surface area contributed by atoms with Crippen LogP contribution >= 0.6 is 22.6 Å². The van der Waals surface area contributed by atoms with Gasteiger partial charge in [-0.2, -0.15) is 0 Å². The molecule has 78 valence electrons. The third-order valence-electron chi connectivity index (χ3n) is 1.09. The van der Waals surface area contributed by atoms with E-state index in [1.165, 1.54) is 0 Å². The van der Waals surface area contributed by atoms with Crippen LogP contribution in [-0.4, -0.2) is 29.2 Å². The molecule has 0 unspecified atom stereocenters. The molecule has 4 heteroatoms. The predicted octanol–water partition coefficient (Wildman–Crippen LogP) is 2.17. The number of ether oxygens (including phenoxy) is 2. The molecular weight excluding hydrogens is 283 g/mol. The molecule has 0 aromatic rings. The third kappa shape index (κ3) is 10.1. The Balaban J connectivity index is 3.41. The largest absolute Gasteiger partial charge is 0.460 e. The first kappa shape index (κ1) is 13.2. The summed E-state index contributed by atoms with van der Waals surface area (Å²) in [5.41, 5.74) is -0.389. The molecule has 0 N–H and O–H groups in total. The molecule has 0 heterocycles. The summed E-state index contributed by atoms with van der Waals surface area (Å²) in [5, 5.41) is 0. The summed E-state index contributed by atoms with van der Waals surface area (Å²) >= 11 is 2.23. The molecule has 0 spiro atoms. The lowest BCUT2D eigenvalue weighted by atomic mass is 10.2. The van der Waals surface area contributed by atoms with Crippen molar-refractivity contribution >= 4 is 28.6 Å². The number of halogens is 1. The lowest BCUT2D eigenvalue weighted by molar-refractivity contribution is -0.155. The van der Waals surface area contributed by atoms with Crippen molar-refractivity contribution in [2.24, 2.45) is 0 Å². The first-order chi connectivity index (χ1) is 5.95. The van der Waals surface area contributed by atoms with Crippen LogP contribution in [0.2, 0.25) is 0 Å². The van der Waals surface area contributed by atoms with E-state index in [2.05, 4.69) is 22.6 Å². The van der Waals surface area contributed by atoms with Crippen molar-refractivity contribution in [2.75, 3.05) is 17.6 Å². The number of carbonyl (C=O) groups excluding carboxylic acids is 1. The number of hydrogen-bond donors (Lipinski definition) is 0. The zero-order valence-corrected chi connectivity index (χ0v) is 10.6. The Bertz CT molecular complexity index is 151. The second-order valence-electron chi connectivity index (χ2n) is 3.64. The smallest absolute Gasteiger partial charge is 0.308 e. The molecule has 0 aromatic carbocycles. The summed E-state index contributed by atoms with van der Waals surface area (Å²) in [6.45, 7) is 6.73. The summed E-state index contributed by atoms with van der Waals surface area (Å²) in [7, 11) is 0. The van der Waals surface area contributed by atoms with Gasteiger partial charge < -0.3 is 9.47 Å². The van der Waals surface area contributed by atoms with Gasteiger partial charge in [0.05, 0.1) is 19.6 Å². The summed E-state index contributed by atoms with van der Waals surface area (Å²) < 4.78 is 11.2. The van der Waals surface area contributed by atoms with E-state index in [0.717, 1.165) is 4.43 Å². The number of carbonyl (C=O) groups is 1. The first-order valence-electron chi connectivity index (χ1n) is 4.31. The molecule has 0 aromatic heterocycles. The van der Waals surface area contributed by atoms with Gasteiger partial charge >= 0.3 is 5.97 Å². The van der Waals surface area contributed by atoms with E-state index in [1.54, 1.807) is 0 Å². The molecule has 0 bridgehead atoms. The molecule has 3 nitrogen and oxygen atoms in total. The third-order valence-corrected chi connectivity index (χ3v) is 1.53. The Morgan fingerprint density at radius 1 is 1.31 bits per heavy atom. The number of alkyl halides is 1. The molecule has 0 amide bonds. The molecule has 0 aliphatic heterocycles.